The Morgan fingerprint density at radius 1 is 1.12 bits per heavy atom. The fourth-order valence-corrected chi connectivity index (χ4v) is 1.53. The number of carbonyl (C=O) groups is 1. The number of aldehydes is 1. The Hall–Kier alpha value is -1.22. The molecule has 0 aliphatic heterocycles. The average molecular weight is 257 g/mol. The molecule has 1 rings (SSSR count). The number of carbonyl (C=O) groups excluding carboxylic acids is 1. The summed E-state index contributed by atoms with van der Waals surface area (Å²) in [5.41, 5.74) is 0.451. The zero-order valence-electron chi connectivity index (χ0n) is 10.2. The van der Waals surface area contributed by atoms with Crippen LogP contribution >= 0.6 is 11.6 Å². The van der Waals surface area contributed by atoms with E-state index in [0.717, 1.165) is 19.1 Å². The van der Waals surface area contributed by atoms with Crippen molar-refractivity contribution in [2.45, 2.75) is 26.7 Å². The van der Waals surface area contributed by atoms with Crippen LogP contribution in [0.25, 0.3) is 0 Å². The molecular formula is C13H17ClO3. The first-order chi connectivity index (χ1) is 8.22. The van der Waals surface area contributed by atoms with E-state index in [2.05, 4.69) is 0 Å². The van der Waals surface area contributed by atoms with Crippen LogP contribution in [0.5, 0.6) is 11.5 Å². The van der Waals surface area contributed by atoms with E-state index in [1.807, 2.05) is 13.8 Å². The van der Waals surface area contributed by atoms with Crippen LogP contribution in [-0.4, -0.2) is 19.5 Å². The third kappa shape index (κ3) is 3.93. The number of halogens is 1. The van der Waals surface area contributed by atoms with Gasteiger partial charge in [0.2, 0.25) is 0 Å². The summed E-state index contributed by atoms with van der Waals surface area (Å²) in [6.45, 7) is 5.18. The van der Waals surface area contributed by atoms with Gasteiger partial charge in [-0.15, -0.1) is 0 Å². The van der Waals surface area contributed by atoms with E-state index in [1.54, 1.807) is 12.1 Å². The summed E-state index contributed by atoms with van der Waals surface area (Å²) in [4.78, 5) is 10.9. The van der Waals surface area contributed by atoms with Crippen molar-refractivity contribution in [3.63, 3.8) is 0 Å². The van der Waals surface area contributed by atoms with Crippen molar-refractivity contribution in [3.8, 4) is 11.5 Å². The van der Waals surface area contributed by atoms with Gasteiger partial charge in [-0.05, 0) is 18.9 Å². The zero-order chi connectivity index (χ0) is 12.7. The van der Waals surface area contributed by atoms with Gasteiger partial charge in [0.1, 0.15) is 11.5 Å². The van der Waals surface area contributed by atoms with Gasteiger partial charge in [0, 0.05) is 6.07 Å². The maximum atomic E-state index is 10.9. The minimum Gasteiger partial charge on any atom is -0.493 e. The maximum absolute atomic E-state index is 10.9. The highest BCUT2D eigenvalue weighted by atomic mass is 35.5. The summed E-state index contributed by atoms with van der Waals surface area (Å²) in [6.07, 6.45) is 2.52. The minimum atomic E-state index is 0.435. The van der Waals surface area contributed by atoms with Crippen molar-refractivity contribution in [2.24, 2.45) is 0 Å². The van der Waals surface area contributed by atoms with Crippen LogP contribution in [-0.2, 0) is 0 Å². The zero-order valence-corrected chi connectivity index (χ0v) is 10.9. The van der Waals surface area contributed by atoms with Crippen LogP contribution in [0.1, 0.15) is 37.0 Å². The predicted molar refractivity (Wildman–Crippen MR) is 68.4 cm³/mol. The van der Waals surface area contributed by atoms with Crippen molar-refractivity contribution < 1.29 is 14.3 Å². The van der Waals surface area contributed by atoms with E-state index in [0.29, 0.717) is 35.3 Å². The highest BCUT2D eigenvalue weighted by Crippen LogP contribution is 2.32. The molecule has 0 aromatic heterocycles. The number of benzene rings is 1. The standard InChI is InChI=1S/C13H17ClO3/c1-3-5-16-12-8-13(17-6-4-2)11(14)7-10(12)9-15/h7-9H,3-6H2,1-2H3. The summed E-state index contributed by atoms with van der Waals surface area (Å²) >= 11 is 6.01. The molecule has 4 heteroatoms. The molecule has 1 aromatic carbocycles. The molecule has 0 radical (unpaired) electrons. The normalized spacial score (nSPS) is 10.1. The second-order valence-corrected chi connectivity index (χ2v) is 4.04. The third-order valence-corrected chi connectivity index (χ3v) is 2.41. The smallest absolute Gasteiger partial charge is 0.153 e. The molecule has 0 heterocycles. The number of hydrogen-bond donors (Lipinski definition) is 0. The van der Waals surface area contributed by atoms with Crippen molar-refractivity contribution in [1.29, 1.82) is 0 Å². The largest absolute Gasteiger partial charge is 0.493 e. The molecule has 0 atom stereocenters. The minimum absolute atomic E-state index is 0.435. The van der Waals surface area contributed by atoms with Gasteiger partial charge in [0.25, 0.3) is 0 Å². The fraction of sp³-hybridized carbons (Fsp3) is 0.462. The van der Waals surface area contributed by atoms with E-state index >= 15 is 0 Å². The van der Waals surface area contributed by atoms with Crippen LogP contribution in [0.15, 0.2) is 12.1 Å². The molecule has 1 aromatic rings. The Bertz CT molecular complexity index is 377. The predicted octanol–water partition coefficient (Wildman–Crippen LogP) is 3.73. The lowest BCUT2D eigenvalue weighted by molar-refractivity contribution is 0.111. The SMILES string of the molecule is CCCOc1cc(OCCC)c(C=O)cc1Cl. The maximum Gasteiger partial charge on any atom is 0.153 e. The molecule has 0 saturated carbocycles. The Morgan fingerprint density at radius 2 is 1.71 bits per heavy atom. The van der Waals surface area contributed by atoms with Crippen molar-refractivity contribution >= 4 is 17.9 Å². The van der Waals surface area contributed by atoms with Crippen LogP contribution in [0, 0.1) is 0 Å². The highest BCUT2D eigenvalue weighted by Gasteiger charge is 2.10. The summed E-state index contributed by atoms with van der Waals surface area (Å²) in [5, 5.41) is 0.435. The molecule has 0 fully saturated rings. The van der Waals surface area contributed by atoms with Crippen LogP contribution < -0.4 is 9.47 Å². The molecular weight excluding hydrogens is 240 g/mol. The van der Waals surface area contributed by atoms with Gasteiger partial charge in [-0.2, -0.15) is 0 Å². The number of hydrogen-bond acceptors (Lipinski definition) is 3. The Labute approximate surface area is 107 Å². The summed E-state index contributed by atoms with van der Waals surface area (Å²) < 4.78 is 11.0. The second-order valence-electron chi connectivity index (χ2n) is 3.64. The van der Waals surface area contributed by atoms with Crippen LogP contribution in [0.4, 0.5) is 0 Å². The number of rotatable bonds is 7. The molecule has 94 valence electrons. The first-order valence-corrected chi connectivity index (χ1v) is 6.15. The first kappa shape index (κ1) is 13.8. The van der Waals surface area contributed by atoms with E-state index in [1.165, 1.54) is 0 Å². The summed E-state index contributed by atoms with van der Waals surface area (Å²) in [5.74, 6) is 1.09. The number of ether oxygens (including phenoxy) is 2. The molecule has 17 heavy (non-hydrogen) atoms. The monoisotopic (exact) mass is 256 g/mol. The van der Waals surface area contributed by atoms with Gasteiger partial charge in [-0.1, -0.05) is 25.4 Å². The van der Waals surface area contributed by atoms with E-state index in [4.69, 9.17) is 21.1 Å². The van der Waals surface area contributed by atoms with Crippen molar-refractivity contribution in [1.82, 2.24) is 0 Å². The van der Waals surface area contributed by atoms with E-state index in [9.17, 15) is 4.79 Å². The summed E-state index contributed by atoms with van der Waals surface area (Å²) in [6, 6.07) is 3.25. The molecule has 0 amide bonds. The van der Waals surface area contributed by atoms with Crippen molar-refractivity contribution in [3.05, 3.63) is 22.7 Å². The van der Waals surface area contributed by atoms with Gasteiger partial charge in [0.05, 0.1) is 23.8 Å². The van der Waals surface area contributed by atoms with E-state index in [-0.39, 0.29) is 0 Å². The lowest BCUT2D eigenvalue weighted by Gasteiger charge is -2.12. The third-order valence-electron chi connectivity index (χ3n) is 2.11. The Balaban J connectivity index is 2.95. The first-order valence-electron chi connectivity index (χ1n) is 5.77. The Morgan fingerprint density at radius 3 is 2.24 bits per heavy atom. The summed E-state index contributed by atoms with van der Waals surface area (Å²) in [7, 11) is 0. The average Bonchev–Trinajstić information content (AvgIpc) is 2.35. The van der Waals surface area contributed by atoms with Crippen LogP contribution in [0.2, 0.25) is 5.02 Å². The van der Waals surface area contributed by atoms with Gasteiger partial charge in [-0.25, -0.2) is 0 Å². The topological polar surface area (TPSA) is 35.5 Å². The molecule has 0 spiro atoms. The molecule has 0 bridgehead atoms. The fourth-order valence-electron chi connectivity index (χ4n) is 1.30. The molecule has 0 aliphatic carbocycles. The van der Waals surface area contributed by atoms with E-state index < -0.39 is 0 Å². The highest BCUT2D eigenvalue weighted by molar-refractivity contribution is 6.32. The van der Waals surface area contributed by atoms with Crippen LogP contribution in [0.3, 0.4) is 0 Å². The molecule has 0 N–H and O–H groups in total. The van der Waals surface area contributed by atoms with Gasteiger partial charge >= 0.3 is 0 Å². The molecule has 3 nitrogen and oxygen atoms in total. The molecule has 0 unspecified atom stereocenters. The van der Waals surface area contributed by atoms with Gasteiger partial charge in [-0.3, -0.25) is 4.79 Å². The second kappa shape index (κ2) is 7.17. The molecule has 0 aliphatic rings. The molecule has 0 saturated heterocycles. The lowest BCUT2D eigenvalue weighted by Crippen LogP contribution is -2.01. The Kier molecular flexibility index (Phi) is 5.84. The van der Waals surface area contributed by atoms with Gasteiger partial charge in [0.15, 0.2) is 6.29 Å². The van der Waals surface area contributed by atoms with Gasteiger partial charge < -0.3 is 9.47 Å². The van der Waals surface area contributed by atoms with Crippen molar-refractivity contribution in [2.75, 3.05) is 13.2 Å². The lowest BCUT2D eigenvalue weighted by atomic mass is 10.2. The quantitative estimate of drug-likeness (QED) is 0.698.